The van der Waals surface area contributed by atoms with Gasteiger partial charge in [-0.2, -0.15) is 0 Å². The fraction of sp³-hybridized carbons (Fsp3) is 0.636. The summed E-state index contributed by atoms with van der Waals surface area (Å²) in [5.41, 5.74) is 0. The molecule has 0 aromatic rings. The molecule has 0 spiro atoms. The van der Waals surface area contributed by atoms with E-state index in [4.69, 9.17) is 18.9 Å². The summed E-state index contributed by atoms with van der Waals surface area (Å²) in [6.07, 6.45) is 36.7. The van der Waals surface area contributed by atoms with E-state index in [1.54, 1.807) is 6.92 Å². The maximum atomic E-state index is 12.7. The monoisotopic (exact) mass is 743 g/mol. The highest BCUT2D eigenvalue weighted by Gasteiger charge is 2.43. The van der Waals surface area contributed by atoms with Crippen molar-refractivity contribution >= 4 is 11.9 Å². The Labute approximate surface area is 320 Å². The molecule has 9 heteroatoms. The second kappa shape index (κ2) is 33.5. The molecule has 0 radical (unpaired) electrons. The lowest BCUT2D eigenvalue weighted by Crippen LogP contribution is -2.58. The molecule has 9 nitrogen and oxygen atoms in total. The molecule has 1 rings (SSSR count). The Morgan fingerprint density at radius 2 is 1.08 bits per heavy atom. The summed E-state index contributed by atoms with van der Waals surface area (Å²) < 4.78 is 22.4. The van der Waals surface area contributed by atoms with E-state index >= 15 is 0 Å². The largest absolute Gasteiger partial charge is 0.462 e. The summed E-state index contributed by atoms with van der Waals surface area (Å²) in [4.78, 5) is 25.2. The molecule has 0 aliphatic carbocycles. The lowest BCUT2D eigenvalue weighted by molar-refractivity contribution is -0.301. The predicted octanol–water partition coefficient (Wildman–Crippen LogP) is 8.85. The summed E-state index contributed by atoms with van der Waals surface area (Å²) in [6, 6.07) is 0. The minimum absolute atomic E-state index is 0.133. The summed E-state index contributed by atoms with van der Waals surface area (Å²) >= 11 is 0. The summed E-state index contributed by atoms with van der Waals surface area (Å²) in [5.74, 6) is -0.860. The van der Waals surface area contributed by atoms with Gasteiger partial charge in [0.15, 0.2) is 12.4 Å². The number of aliphatic hydroxyl groups is 3. The van der Waals surface area contributed by atoms with E-state index in [2.05, 4.69) is 86.8 Å². The molecule has 0 saturated carbocycles. The van der Waals surface area contributed by atoms with Gasteiger partial charge in [-0.1, -0.05) is 125 Å². The highest BCUT2D eigenvalue weighted by atomic mass is 16.7. The molecule has 0 aromatic carbocycles. The normalized spacial score (nSPS) is 21.8. The molecule has 6 unspecified atom stereocenters. The third kappa shape index (κ3) is 25.6. The van der Waals surface area contributed by atoms with Gasteiger partial charge in [0.2, 0.25) is 0 Å². The molecule has 0 amide bonds. The number of esters is 2. The van der Waals surface area contributed by atoms with E-state index in [-0.39, 0.29) is 32.0 Å². The fourth-order valence-corrected chi connectivity index (χ4v) is 5.40. The average Bonchev–Trinajstić information content (AvgIpc) is 3.15. The molecule has 1 aliphatic heterocycles. The Morgan fingerprint density at radius 1 is 0.566 bits per heavy atom. The number of hydrogen-bond acceptors (Lipinski definition) is 9. The lowest BCUT2D eigenvalue weighted by atomic mass is 9.97. The Balaban J connectivity index is 2.45. The van der Waals surface area contributed by atoms with Gasteiger partial charge >= 0.3 is 11.9 Å². The van der Waals surface area contributed by atoms with Crippen LogP contribution in [0.15, 0.2) is 85.1 Å². The van der Waals surface area contributed by atoms with Crippen LogP contribution in [0.1, 0.15) is 130 Å². The molecule has 0 aromatic heterocycles. The highest BCUT2D eigenvalue weighted by Crippen LogP contribution is 2.24. The number of unbranched alkanes of at least 4 members (excludes halogenated alkanes) is 5. The zero-order valence-electron chi connectivity index (χ0n) is 32.8. The average molecular weight is 743 g/mol. The van der Waals surface area contributed by atoms with Crippen molar-refractivity contribution in [1.29, 1.82) is 0 Å². The molecular weight excluding hydrogens is 672 g/mol. The van der Waals surface area contributed by atoms with Gasteiger partial charge in [-0.05, 0) is 77.0 Å². The van der Waals surface area contributed by atoms with Crippen molar-refractivity contribution in [2.24, 2.45) is 0 Å². The van der Waals surface area contributed by atoms with E-state index < -0.39 is 42.8 Å². The van der Waals surface area contributed by atoms with Crippen LogP contribution in [0.2, 0.25) is 0 Å². The number of carbonyl (C=O) groups excluding carboxylic acids is 2. The quantitative estimate of drug-likeness (QED) is 0.0375. The molecule has 6 atom stereocenters. The number of rotatable bonds is 30. The van der Waals surface area contributed by atoms with E-state index in [0.29, 0.717) is 19.3 Å². The lowest BCUT2D eigenvalue weighted by Gasteiger charge is -2.40. The summed E-state index contributed by atoms with van der Waals surface area (Å²) in [7, 11) is 0. The first-order chi connectivity index (χ1) is 25.8. The number of ether oxygens (including phenoxy) is 4. The first-order valence-corrected chi connectivity index (χ1v) is 20.0. The zero-order chi connectivity index (χ0) is 38.8. The molecule has 1 fully saturated rings. The smallest absolute Gasteiger partial charge is 0.306 e. The van der Waals surface area contributed by atoms with Gasteiger partial charge < -0.3 is 34.3 Å². The number of carbonyl (C=O) groups is 2. The number of hydrogen-bond donors (Lipinski definition) is 3. The highest BCUT2D eigenvalue weighted by molar-refractivity contribution is 5.70. The standard InChI is InChI=1S/C44H70O9/c1-4-7-9-11-13-15-17-19-20-22-23-25-27-29-31-33-39(45)50-35-37(36-51-44-43(49)42(48)41(47)38(6-3)53-44)52-40(46)34-32-30-28-26-24-21-18-16-14-12-10-8-5-2/h7-10,13-16,19-21,24,28,30,37-38,41-44,47-49H,4-6,11-12,17-18,22-23,25-27,29,31-36H2,1-3H3/b9-7-,10-8-,15-13-,16-14-,20-19-,24-21-,30-28-. The Bertz CT molecular complexity index is 1130. The van der Waals surface area contributed by atoms with Gasteiger partial charge in [0.1, 0.15) is 24.9 Å². The maximum Gasteiger partial charge on any atom is 0.306 e. The van der Waals surface area contributed by atoms with Gasteiger partial charge in [-0.25, -0.2) is 0 Å². The topological polar surface area (TPSA) is 132 Å². The molecule has 0 bridgehead atoms. The van der Waals surface area contributed by atoms with Crippen LogP contribution in [0.3, 0.4) is 0 Å². The second-order valence-corrected chi connectivity index (χ2v) is 13.2. The van der Waals surface area contributed by atoms with Gasteiger partial charge in [-0.15, -0.1) is 0 Å². The molecular formula is C44H70O9. The van der Waals surface area contributed by atoms with Crippen molar-refractivity contribution in [2.75, 3.05) is 13.2 Å². The Kier molecular flexibility index (Phi) is 30.3. The van der Waals surface area contributed by atoms with Gasteiger partial charge in [0, 0.05) is 12.8 Å². The van der Waals surface area contributed by atoms with Crippen LogP contribution in [-0.2, 0) is 28.5 Å². The van der Waals surface area contributed by atoms with Crippen LogP contribution in [0, 0.1) is 0 Å². The van der Waals surface area contributed by atoms with E-state index in [0.717, 1.165) is 77.0 Å². The molecule has 53 heavy (non-hydrogen) atoms. The zero-order valence-corrected chi connectivity index (χ0v) is 32.8. The SMILES string of the molecule is CC/C=C\C/C=C\C/C=C\C/C=C\CCC(=O)OC(COC(=O)CCCCCCC/C=C\C/C=C\C/C=C\CC)COC1OC(CC)C(O)C(O)C1O. The first-order valence-electron chi connectivity index (χ1n) is 20.0. The van der Waals surface area contributed by atoms with Crippen molar-refractivity contribution in [1.82, 2.24) is 0 Å². The summed E-state index contributed by atoms with van der Waals surface area (Å²) in [5, 5.41) is 30.8. The molecule has 3 N–H and O–H groups in total. The molecule has 300 valence electrons. The van der Waals surface area contributed by atoms with Crippen molar-refractivity contribution in [3.63, 3.8) is 0 Å². The molecule has 1 aliphatic rings. The minimum Gasteiger partial charge on any atom is -0.462 e. The number of aliphatic hydroxyl groups excluding tert-OH is 3. The van der Waals surface area contributed by atoms with Crippen molar-refractivity contribution in [2.45, 2.75) is 167 Å². The van der Waals surface area contributed by atoms with Crippen LogP contribution >= 0.6 is 0 Å². The second-order valence-electron chi connectivity index (χ2n) is 13.2. The maximum absolute atomic E-state index is 12.7. The predicted molar refractivity (Wildman–Crippen MR) is 213 cm³/mol. The van der Waals surface area contributed by atoms with Crippen LogP contribution in [0.5, 0.6) is 0 Å². The third-order valence-electron chi connectivity index (χ3n) is 8.51. The fourth-order valence-electron chi connectivity index (χ4n) is 5.40. The van der Waals surface area contributed by atoms with E-state index in [1.165, 1.54) is 0 Å². The van der Waals surface area contributed by atoms with Crippen LogP contribution in [-0.4, -0.2) is 77.3 Å². The first kappa shape index (κ1) is 47.9. The van der Waals surface area contributed by atoms with Crippen LogP contribution < -0.4 is 0 Å². The molecule has 1 heterocycles. The van der Waals surface area contributed by atoms with Crippen molar-refractivity contribution < 1.29 is 43.9 Å². The van der Waals surface area contributed by atoms with Crippen LogP contribution in [0.4, 0.5) is 0 Å². The van der Waals surface area contributed by atoms with Crippen molar-refractivity contribution in [3.8, 4) is 0 Å². The third-order valence-corrected chi connectivity index (χ3v) is 8.51. The Hall–Kier alpha value is -3.08. The van der Waals surface area contributed by atoms with E-state index in [9.17, 15) is 24.9 Å². The van der Waals surface area contributed by atoms with Gasteiger partial charge in [0.25, 0.3) is 0 Å². The van der Waals surface area contributed by atoms with E-state index in [1.807, 2.05) is 12.2 Å². The molecule has 1 saturated heterocycles. The van der Waals surface area contributed by atoms with Gasteiger partial charge in [-0.3, -0.25) is 9.59 Å². The summed E-state index contributed by atoms with van der Waals surface area (Å²) in [6.45, 7) is 5.59. The van der Waals surface area contributed by atoms with Crippen molar-refractivity contribution in [3.05, 3.63) is 85.1 Å². The van der Waals surface area contributed by atoms with Gasteiger partial charge in [0.05, 0.1) is 12.7 Å². The van der Waals surface area contributed by atoms with Crippen LogP contribution in [0.25, 0.3) is 0 Å². The Morgan fingerprint density at radius 3 is 1.64 bits per heavy atom. The number of allylic oxidation sites excluding steroid dienone is 14. The minimum atomic E-state index is -1.50.